The smallest absolute Gasteiger partial charge is 0.335 e. The molecule has 0 fully saturated rings. The van der Waals surface area contributed by atoms with E-state index in [0.717, 1.165) is 76.2 Å². The minimum Gasteiger partial charge on any atom is -0.424 e. The third-order valence-electron chi connectivity index (χ3n) is 8.93. The molecule has 1 atom stereocenters. The van der Waals surface area contributed by atoms with Gasteiger partial charge in [-0.2, -0.15) is 0 Å². The van der Waals surface area contributed by atoms with Gasteiger partial charge in [0.2, 0.25) is 0 Å². The Morgan fingerprint density at radius 3 is 2.02 bits per heavy atom. The molecule has 1 aliphatic carbocycles. The van der Waals surface area contributed by atoms with Crippen molar-refractivity contribution in [2.24, 2.45) is 5.41 Å². The number of esters is 2. The Balaban J connectivity index is 1.51. The SMILES string of the molecule is C=CC(=O)OC1=CC(C)(CCCC)C=C(CCc2ccc(CCc3ccc(OC(=O)C=C)c(CCCCC)c3)c3ccccc23)C=C1. The molecule has 0 saturated heterocycles. The number of unbranched alkanes of at least 4 members (excludes halogenated alkanes) is 3. The van der Waals surface area contributed by atoms with Crippen molar-refractivity contribution >= 4 is 22.7 Å². The van der Waals surface area contributed by atoms with Crippen LogP contribution in [0.25, 0.3) is 10.8 Å². The van der Waals surface area contributed by atoms with Crippen LogP contribution in [0.4, 0.5) is 0 Å². The first-order valence-electron chi connectivity index (χ1n) is 17.2. The number of hydrogen-bond donors (Lipinski definition) is 0. The third kappa shape index (κ3) is 10.3. The van der Waals surface area contributed by atoms with Crippen molar-refractivity contribution < 1.29 is 19.1 Å². The van der Waals surface area contributed by atoms with E-state index in [0.29, 0.717) is 11.5 Å². The molecule has 1 aliphatic rings. The van der Waals surface area contributed by atoms with Crippen LogP contribution in [0.2, 0.25) is 0 Å². The zero-order valence-corrected chi connectivity index (χ0v) is 28.5. The lowest BCUT2D eigenvalue weighted by molar-refractivity contribution is -0.133. The number of fused-ring (bicyclic) bond motifs is 1. The second-order valence-corrected chi connectivity index (χ2v) is 12.8. The highest BCUT2D eigenvalue weighted by Crippen LogP contribution is 2.35. The molecule has 4 rings (SSSR count). The number of rotatable bonds is 17. The number of benzene rings is 3. The molecule has 0 aromatic heterocycles. The number of hydrogen-bond acceptors (Lipinski definition) is 4. The van der Waals surface area contributed by atoms with E-state index in [4.69, 9.17) is 9.47 Å². The van der Waals surface area contributed by atoms with Crippen molar-refractivity contribution in [3.05, 3.63) is 138 Å². The van der Waals surface area contributed by atoms with Gasteiger partial charge in [-0.1, -0.05) is 126 Å². The van der Waals surface area contributed by atoms with Crippen molar-refractivity contribution in [1.29, 1.82) is 0 Å². The summed E-state index contributed by atoms with van der Waals surface area (Å²) in [7, 11) is 0. The van der Waals surface area contributed by atoms with Crippen LogP contribution >= 0.6 is 0 Å². The molecule has 0 bridgehead atoms. The minimum absolute atomic E-state index is 0.196. The van der Waals surface area contributed by atoms with Crippen molar-refractivity contribution in [2.75, 3.05) is 0 Å². The van der Waals surface area contributed by atoms with Gasteiger partial charge in [0.05, 0.1) is 0 Å². The van der Waals surface area contributed by atoms with Gasteiger partial charge in [0.25, 0.3) is 0 Å². The molecule has 0 spiro atoms. The highest BCUT2D eigenvalue weighted by atomic mass is 16.5. The first kappa shape index (κ1) is 35.4. The second kappa shape index (κ2) is 17.5. The monoisotopic (exact) mass is 630 g/mol. The molecular weight excluding hydrogens is 580 g/mol. The summed E-state index contributed by atoms with van der Waals surface area (Å²) in [6.45, 7) is 13.7. The van der Waals surface area contributed by atoms with Gasteiger partial charge in [-0.25, -0.2) is 9.59 Å². The van der Waals surface area contributed by atoms with Crippen LogP contribution in [0.3, 0.4) is 0 Å². The summed E-state index contributed by atoms with van der Waals surface area (Å²) in [5.74, 6) is 0.356. The Morgan fingerprint density at radius 2 is 1.36 bits per heavy atom. The molecule has 1 unspecified atom stereocenters. The van der Waals surface area contributed by atoms with Gasteiger partial charge in [0.15, 0.2) is 0 Å². The quantitative estimate of drug-likeness (QED) is 0.0644. The number of carbonyl (C=O) groups is 2. The van der Waals surface area contributed by atoms with E-state index in [9.17, 15) is 9.59 Å². The summed E-state index contributed by atoms with van der Waals surface area (Å²) in [5.41, 5.74) is 6.04. The lowest BCUT2D eigenvalue weighted by Crippen LogP contribution is -2.12. The van der Waals surface area contributed by atoms with Crippen LogP contribution in [0.5, 0.6) is 5.75 Å². The van der Waals surface area contributed by atoms with Gasteiger partial charge in [-0.05, 0) is 96.2 Å². The van der Waals surface area contributed by atoms with Crippen LogP contribution in [-0.2, 0) is 40.0 Å². The Morgan fingerprint density at radius 1 is 0.702 bits per heavy atom. The predicted molar refractivity (Wildman–Crippen MR) is 194 cm³/mol. The van der Waals surface area contributed by atoms with Gasteiger partial charge < -0.3 is 9.47 Å². The van der Waals surface area contributed by atoms with Crippen LogP contribution in [0.15, 0.2) is 116 Å². The third-order valence-corrected chi connectivity index (χ3v) is 8.93. The van der Waals surface area contributed by atoms with E-state index in [-0.39, 0.29) is 5.41 Å². The second-order valence-electron chi connectivity index (χ2n) is 12.8. The zero-order valence-electron chi connectivity index (χ0n) is 28.5. The molecule has 4 nitrogen and oxygen atoms in total. The first-order valence-corrected chi connectivity index (χ1v) is 17.2. The fraction of sp³-hybridized carbons (Fsp3) is 0.349. The molecule has 0 heterocycles. The topological polar surface area (TPSA) is 52.6 Å². The lowest BCUT2D eigenvalue weighted by atomic mass is 9.82. The van der Waals surface area contributed by atoms with Gasteiger partial charge >= 0.3 is 11.9 Å². The Kier molecular flexibility index (Phi) is 13.2. The Bertz CT molecular complexity index is 1670. The molecule has 3 aromatic carbocycles. The van der Waals surface area contributed by atoms with Crippen molar-refractivity contribution in [1.82, 2.24) is 0 Å². The van der Waals surface area contributed by atoms with Gasteiger partial charge in [0, 0.05) is 17.6 Å². The molecule has 0 aliphatic heterocycles. The Labute approximate surface area is 281 Å². The fourth-order valence-corrected chi connectivity index (χ4v) is 6.37. The van der Waals surface area contributed by atoms with E-state index in [1.165, 1.54) is 45.2 Å². The first-order chi connectivity index (χ1) is 22.8. The zero-order chi connectivity index (χ0) is 33.6. The summed E-state index contributed by atoms with van der Waals surface area (Å²) in [6, 6.07) is 19.5. The summed E-state index contributed by atoms with van der Waals surface area (Å²) < 4.78 is 11.1. The summed E-state index contributed by atoms with van der Waals surface area (Å²) in [4.78, 5) is 23.9. The van der Waals surface area contributed by atoms with E-state index in [2.05, 4.69) is 101 Å². The average Bonchev–Trinajstić information content (AvgIpc) is 3.24. The standard InChI is InChI=1S/C43H50O4/c1-6-10-12-15-36-29-32(21-27-40(36)47-42(45)9-4)18-22-34-24-25-35(39-17-14-13-16-38(34)39)23-19-33-20-26-37(46-41(44)8-3)31-43(5,30-33)28-11-7-2/h8-9,13-14,16-17,20-21,24-27,29-31H,3-4,6-7,10-12,15,18-19,22-23,28H2,1-2,5H3. The molecular formula is C43H50O4. The van der Waals surface area contributed by atoms with E-state index in [1.54, 1.807) is 0 Å². The van der Waals surface area contributed by atoms with Gasteiger partial charge in [-0.15, -0.1) is 0 Å². The molecule has 0 saturated carbocycles. The van der Waals surface area contributed by atoms with E-state index < -0.39 is 11.9 Å². The normalized spacial score (nSPS) is 15.8. The van der Waals surface area contributed by atoms with E-state index >= 15 is 0 Å². The molecule has 0 N–H and O–H groups in total. The van der Waals surface area contributed by atoms with Gasteiger partial charge in [-0.3, -0.25) is 0 Å². The number of carbonyl (C=O) groups excluding carboxylic acids is 2. The number of allylic oxidation sites excluding steroid dienone is 5. The maximum absolute atomic E-state index is 12.0. The molecule has 0 radical (unpaired) electrons. The van der Waals surface area contributed by atoms with Crippen molar-refractivity contribution in [3.63, 3.8) is 0 Å². The molecule has 246 valence electrons. The number of aryl methyl sites for hydroxylation is 4. The predicted octanol–water partition coefficient (Wildman–Crippen LogP) is 10.7. The van der Waals surface area contributed by atoms with E-state index in [1.807, 2.05) is 12.1 Å². The summed E-state index contributed by atoms with van der Waals surface area (Å²) >= 11 is 0. The van der Waals surface area contributed by atoms with Gasteiger partial charge in [0.1, 0.15) is 11.5 Å². The minimum atomic E-state index is -0.438. The van der Waals surface area contributed by atoms with Crippen LogP contribution in [0.1, 0.15) is 88.0 Å². The maximum atomic E-state index is 12.0. The number of ether oxygens (including phenoxy) is 2. The average molecular weight is 631 g/mol. The highest BCUT2D eigenvalue weighted by molar-refractivity contribution is 5.89. The highest BCUT2D eigenvalue weighted by Gasteiger charge is 2.23. The fourth-order valence-electron chi connectivity index (χ4n) is 6.37. The Hall–Kier alpha value is -4.44. The molecule has 47 heavy (non-hydrogen) atoms. The molecule has 0 amide bonds. The maximum Gasteiger partial charge on any atom is 0.335 e. The largest absolute Gasteiger partial charge is 0.424 e. The van der Waals surface area contributed by atoms with Crippen molar-refractivity contribution in [3.8, 4) is 5.75 Å². The summed E-state index contributed by atoms with van der Waals surface area (Å²) in [5, 5.41) is 2.59. The molecule has 3 aromatic rings. The lowest BCUT2D eigenvalue weighted by Gasteiger charge is -2.23. The van der Waals surface area contributed by atoms with Crippen molar-refractivity contribution in [2.45, 2.75) is 91.4 Å². The summed E-state index contributed by atoms with van der Waals surface area (Å²) in [6.07, 6.45) is 21.9. The molecule has 4 heteroatoms. The van der Waals surface area contributed by atoms with Crippen LogP contribution in [-0.4, -0.2) is 11.9 Å². The van der Waals surface area contributed by atoms with Crippen LogP contribution in [0, 0.1) is 5.41 Å². The van der Waals surface area contributed by atoms with Crippen LogP contribution < -0.4 is 4.74 Å².